The van der Waals surface area contributed by atoms with Crippen molar-refractivity contribution in [2.45, 2.75) is 70.1 Å². The predicted octanol–water partition coefficient (Wildman–Crippen LogP) is 3.34. The SMILES string of the molecule is COc1cc(O)cc(OC)c1[C@H]1C2=CC[C@@H]3C(=O)N(CCCCCC(=O)O)C(=O)[C@@H]3[C@@H]2C[C@H]2C(=O)N(CCCCCC(=O)O)C(=O)[C@@H]12. The minimum Gasteiger partial charge on any atom is -0.508 e. The van der Waals surface area contributed by atoms with Crippen LogP contribution >= 0.6 is 0 Å². The number of phenolic OH excluding ortho intramolecular Hbond substituents is 1. The van der Waals surface area contributed by atoms with Crippen LogP contribution in [0.4, 0.5) is 0 Å². The van der Waals surface area contributed by atoms with Gasteiger partial charge in [0, 0.05) is 49.5 Å². The number of nitrogens with zero attached hydrogens (tertiary/aromatic N) is 2. The summed E-state index contributed by atoms with van der Waals surface area (Å²) >= 11 is 0. The number of allylic oxidation sites excluding steroid dienone is 2. The maximum absolute atomic E-state index is 14.1. The zero-order valence-corrected chi connectivity index (χ0v) is 26.7. The minimum absolute atomic E-state index is 0.000148. The fraction of sp³-hybridized carbons (Fsp3) is 0.588. The summed E-state index contributed by atoms with van der Waals surface area (Å²) in [5, 5.41) is 28.3. The Bertz CT molecular complexity index is 1460. The van der Waals surface area contributed by atoms with Crippen molar-refractivity contribution in [1.29, 1.82) is 0 Å². The van der Waals surface area contributed by atoms with Crippen LogP contribution in [0.15, 0.2) is 23.8 Å². The first kappa shape index (κ1) is 33.9. The lowest BCUT2D eigenvalue weighted by atomic mass is 9.57. The molecule has 13 heteroatoms. The number of likely N-dealkylation sites (tertiary alicyclic amines) is 2. The van der Waals surface area contributed by atoms with Gasteiger partial charge < -0.3 is 24.8 Å². The number of amides is 4. The maximum atomic E-state index is 14.1. The molecule has 4 aliphatic rings. The van der Waals surface area contributed by atoms with E-state index in [2.05, 4.69) is 0 Å². The number of aliphatic carboxylic acids is 2. The highest BCUT2D eigenvalue weighted by atomic mass is 16.5. The highest BCUT2D eigenvalue weighted by molar-refractivity contribution is 6.08. The summed E-state index contributed by atoms with van der Waals surface area (Å²) < 4.78 is 11.4. The summed E-state index contributed by atoms with van der Waals surface area (Å²) in [4.78, 5) is 80.0. The van der Waals surface area contributed by atoms with Crippen LogP contribution in [-0.2, 0) is 28.8 Å². The summed E-state index contributed by atoms with van der Waals surface area (Å²) in [6, 6.07) is 2.83. The number of carbonyl (C=O) groups is 6. The first-order chi connectivity index (χ1) is 22.5. The van der Waals surface area contributed by atoms with Gasteiger partial charge in [0.1, 0.15) is 17.2 Å². The fourth-order valence-electron chi connectivity index (χ4n) is 8.16. The second kappa shape index (κ2) is 14.1. The van der Waals surface area contributed by atoms with Crippen molar-refractivity contribution < 1.29 is 53.6 Å². The maximum Gasteiger partial charge on any atom is 0.303 e. The highest BCUT2D eigenvalue weighted by Crippen LogP contribution is 2.60. The minimum atomic E-state index is -0.908. The molecule has 0 aromatic heterocycles. The van der Waals surface area contributed by atoms with Crippen LogP contribution in [0.2, 0.25) is 0 Å². The molecule has 2 aliphatic carbocycles. The van der Waals surface area contributed by atoms with E-state index in [0.29, 0.717) is 44.1 Å². The van der Waals surface area contributed by atoms with Crippen molar-refractivity contribution in [3.8, 4) is 17.2 Å². The average molecular weight is 655 g/mol. The van der Waals surface area contributed by atoms with Gasteiger partial charge in [-0.15, -0.1) is 0 Å². The Kier molecular flexibility index (Phi) is 10.2. The van der Waals surface area contributed by atoms with Crippen molar-refractivity contribution in [2.24, 2.45) is 29.6 Å². The Labute approximate surface area is 272 Å². The van der Waals surface area contributed by atoms with Crippen LogP contribution in [0.5, 0.6) is 17.2 Å². The Morgan fingerprint density at radius 3 is 1.74 bits per heavy atom. The second-order valence-electron chi connectivity index (χ2n) is 12.9. The molecular formula is C34H42N2O11. The number of methoxy groups -OCH3 is 2. The number of hydrogen-bond acceptors (Lipinski definition) is 9. The molecule has 2 saturated heterocycles. The van der Waals surface area contributed by atoms with E-state index in [4.69, 9.17) is 19.7 Å². The van der Waals surface area contributed by atoms with Gasteiger partial charge in [-0.3, -0.25) is 38.6 Å². The zero-order chi connectivity index (χ0) is 34.0. The molecule has 0 unspecified atom stereocenters. The molecule has 0 bridgehead atoms. The monoisotopic (exact) mass is 654 g/mol. The van der Waals surface area contributed by atoms with E-state index in [0.717, 1.165) is 5.57 Å². The predicted molar refractivity (Wildman–Crippen MR) is 164 cm³/mol. The van der Waals surface area contributed by atoms with Crippen LogP contribution in [0.3, 0.4) is 0 Å². The Morgan fingerprint density at radius 1 is 0.723 bits per heavy atom. The smallest absolute Gasteiger partial charge is 0.303 e. The first-order valence-corrected chi connectivity index (χ1v) is 16.3. The molecule has 3 fully saturated rings. The fourth-order valence-corrected chi connectivity index (χ4v) is 8.16. The topological polar surface area (TPSA) is 188 Å². The third kappa shape index (κ3) is 6.44. The molecule has 47 heavy (non-hydrogen) atoms. The molecule has 3 N–H and O–H groups in total. The third-order valence-corrected chi connectivity index (χ3v) is 10.2. The van der Waals surface area contributed by atoms with Gasteiger partial charge in [-0.25, -0.2) is 0 Å². The number of ether oxygens (including phenoxy) is 2. The molecule has 1 aromatic carbocycles. The van der Waals surface area contributed by atoms with Crippen molar-refractivity contribution in [2.75, 3.05) is 27.3 Å². The van der Waals surface area contributed by atoms with Crippen LogP contribution in [-0.4, -0.2) is 88.0 Å². The van der Waals surface area contributed by atoms with Crippen molar-refractivity contribution >= 4 is 35.6 Å². The lowest BCUT2D eigenvalue weighted by Gasteiger charge is -2.44. The number of rotatable bonds is 15. The summed E-state index contributed by atoms with van der Waals surface area (Å²) in [7, 11) is 2.86. The highest BCUT2D eigenvalue weighted by Gasteiger charge is 2.62. The number of carboxylic acids is 2. The van der Waals surface area contributed by atoms with Crippen LogP contribution < -0.4 is 9.47 Å². The normalized spacial score (nSPS) is 26.6. The van der Waals surface area contributed by atoms with Gasteiger partial charge >= 0.3 is 11.9 Å². The Balaban J connectivity index is 1.48. The Hall–Kier alpha value is -4.42. The van der Waals surface area contributed by atoms with Gasteiger partial charge in [0.15, 0.2) is 0 Å². The summed E-state index contributed by atoms with van der Waals surface area (Å²) in [5.41, 5.74) is 1.25. The second-order valence-corrected chi connectivity index (χ2v) is 12.9. The molecular weight excluding hydrogens is 612 g/mol. The number of unbranched alkanes of at least 4 members (excludes halogenated alkanes) is 4. The summed E-state index contributed by atoms with van der Waals surface area (Å²) in [5.74, 6) is -6.86. The third-order valence-electron chi connectivity index (χ3n) is 10.2. The van der Waals surface area contributed by atoms with E-state index in [1.54, 1.807) is 0 Å². The Morgan fingerprint density at radius 2 is 1.23 bits per heavy atom. The van der Waals surface area contributed by atoms with Crippen molar-refractivity contribution in [1.82, 2.24) is 9.80 Å². The van der Waals surface area contributed by atoms with Gasteiger partial charge in [0.25, 0.3) is 0 Å². The molecule has 13 nitrogen and oxygen atoms in total. The number of aromatic hydroxyl groups is 1. The standard InChI is InChI=1S/C34H42N2O11/c1-46-23-15-18(37)16-24(47-2)30(23)28-19-11-12-20-27(33(44)35(31(20)42)13-7-3-5-9-25(38)39)21(19)17-22-29(28)34(45)36(32(22)43)14-8-4-6-10-26(40)41/h11,15-16,20-22,27-29,37H,3-10,12-14,17H2,1-2H3,(H,38,39)(H,40,41)/t20-,21+,22+,27-,28-,29+/m0/s1. The van der Waals surface area contributed by atoms with E-state index >= 15 is 0 Å². The number of imide groups is 2. The van der Waals surface area contributed by atoms with Gasteiger partial charge in [-0.05, 0) is 44.4 Å². The van der Waals surface area contributed by atoms with Crippen LogP contribution in [0.1, 0.15) is 75.7 Å². The van der Waals surface area contributed by atoms with Crippen LogP contribution in [0.25, 0.3) is 0 Å². The molecule has 0 radical (unpaired) electrons. The van der Waals surface area contributed by atoms with Crippen LogP contribution in [0, 0.1) is 29.6 Å². The van der Waals surface area contributed by atoms with E-state index in [9.17, 15) is 33.9 Å². The molecule has 4 amide bonds. The average Bonchev–Trinajstić information content (AvgIpc) is 3.42. The lowest BCUT2D eigenvalue weighted by molar-refractivity contribution is -0.142. The van der Waals surface area contributed by atoms with E-state index < -0.39 is 47.4 Å². The van der Waals surface area contributed by atoms with E-state index in [1.807, 2.05) is 6.08 Å². The number of benzene rings is 1. The largest absolute Gasteiger partial charge is 0.508 e. The first-order valence-electron chi connectivity index (χ1n) is 16.3. The number of hydrogen-bond donors (Lipinski definition) is 3. The van der Waals surface area contributed by atoms with Crippen molar-refractivity contribution in [3.05, 3.63) is 29.3 Å². The summed E-state index contributed by atoms with van der Waals surface area (Å²) in [6.45, 7) is 0.332. The molecule has 6 atom stereocenters. The van der Waals surface area contributed by atoms with Gasteiger partial charge in [0.05, 0.1) is 37.9 Å². The number of carboxylic acid groups (broad SMARTS) is 2. The molecule has 254 valence electrons. The lowest BCUT2D eigenvalue weighted by Crippen LogP contribution is -2.43. The molecule has 1 saturated carbocycles. The van der Waals surface area contributed by atoms with E-state index in [1.165, 1.54) is 36.2 Å². The molecule has 2 heterocycles. The number of fused-ring (bicyclic) bond motifs is 4. The van der Waals surface area contributed by atoms with Gasteiger partial charge in [-0.1, -0.05) is 24.5 Å². The molecule has 1 aromatic rings. The van der Waals surface area contributed by atoms with Gasteiger partial charge in [-0.2, -0.15) is 0 Å². The number of phenols is 1. The van der Waals surface area contributed by atoms with Gasteiger partial charge in [0.2, 0.25) is 23.6 Å². The molecule has 5 rings (SSSR count). The molecule has 2 aliphatic heterocycles. The zero-order valence-electron chi connectivity index (χ0n) is 26.7. The summed E-state index contributed by atoms with van der Waals surface area (Å²) in [6.07, 6.45) is 5.32. The molecule has 0 spiro atoms. The van der Waals surface area contributed by atoms with E-state index in [-0.39, 0.29) is 79.7 Å². The number of carbonyl (C=O) groups excluding carboxylic acids is 4. The quantitative estimate of drug-likeness (QED) is 0.143. The van der Waals surface area contributed by atoms with Crippen molar-refractivity contribution in [3.63, 3.8) is 0 Å².